The number of nitrogens with one attached hydrogen (secondary N) is 1. The smallest absolute Gasteiger partial charge is 0.326 e. The third-order valence-corrected chi connectivity index (χ3v) is 11.0. The second kappa shape index (κ2) is 18.2. The van der Waals surface area contributed by atoms with E-state index in [2.05, 4.69) is 5.32 Å². The van der Waals surface area contributed by atoms with Crippen LogP contribution in [0.2, 0.25) is 5.02 Å². The van der Waals surface area contributed by atoms with Crippen molar-refractivity contribution in [3.63, 3.8) is 0 Å². The van der Waals surface area contributed by atoms with Crippen LogP contribution in [-0.4, -0.2) is 64.1 Å². The molecule has 1 aliphatic rings. The van der Waals surface area contributed by atoms with Crippen LogP contribution in [0.5, 0.6) is 5.75 Å². The zero-order valence-electron chi connectivity index (χ0n) is 32.4. The number of amides is 2. The van der Waals surface area contributed by atoms with Crippen LogP contribution in [0.1, 0.15) is 72.3 Å². The number of nitrogens with zero attached hydrogens (tertiary/aromatic N) is 1. The van der Waals surface area contributed by atoms with Crippen LogP contribution in [0.25, 0.3) is 33.2 Å². The molecular weight excluding hydrogens is 760 g/mol. The third kappa shape index (κ3) is 9.31. The Balaban J connectivity index is 1.41. The zero-order chi connectivity index (χ0) is 41.7. The lowest BCUT2D eigenvalue weighted by atomic mass is 9.87. The van der Waals surface area contributed by atoms with Gasteiger partial charge in [0.25, 0.3) is 0 Å². The molecule has 4 bridgehead atoms. The molecule has 1 aliphatic heterocycles. The predicted octanol–water partition coefficient (Wildman–Crippen LogP) is 6.82. The van der Waals surface area contributed by atoms with E-state index in [1.807, 2.05) is 24.3 Å². The van der Waals surface area contributed by atoms with Crippen molar-refractivity contribution in [2.45, 2.75) is 64.1 Å². The topological polar surface area (TPSA) is 206 Å². The number of carbonyl (C=O) groups is 5. The first kappa shape index (κ1) is 41.8. The molecule has 12 nitrogen and oxygen atoms in total. The summed E-state index contributed by atoms with van der Waals surface area (Å²) in [5, 5.41) is 25.0. The number of hydrogen-bond acceptors (Lipinski definition) is 9. The van der Waals surface area contributed by atoms with E-state index in [0.29, 0.717) is 69.8 Å². The van der Waals surface area contributed by atoms with Crippen molar-refractivity contribution >= 4 is 51.9 Å². The summed E-state index contributed by atoms with van der Waals surface area (Å²) < 4.78 is 6.12. The number of rotatable bonds is 12. The van der Waals surface area contributed by atoms with Gasteiger partial charge in [-0.05, 0) is 84.1 Å². The fourth-order valence-electron chi connectivity index (χ4n) is 7.59. The Kier molecular flexibility index (Phi) is 13.1. The van der Waals surface area contributed by atoms with Crippen LogP contribution >= 0.6 is 11.6 Å². The average molecular weight is 807 g/mol. The minimum Gasteiger partial charge on any atom is -0.507 e. The van der Waals surface area contributed by atoms with E-state index in [1.54, 1.807) is 54.6 Å². The van der Waals surface area contributed by atoms with E-state index >= 15 is 0 Å². The Morgan fingerprint density at radius 1 is 0.914 bits per heavy atom. The molecular formula is C45H47ClN4O8. The molecule has 0 aliphatic carbocycles. The number of halogens is 1. The van der Waals surface area contributed by atoms with Crippen molar-refractivity contribution in [3.8, 4) is 28.0 Å². The van der Waals surface area contributed by atoms with Crippen LogP contribution in [0.4, 0.5) is 0 Å². The van der Waals surface area contributed by atoms with Gasteiger partial charge in [-0.1, -0.05) is 67.4 Å². The van der Waals surface area contributed by atoms with Gasteiger partial charge >= 0.3 is 5.97 Å². The quantitative estimate of drug-likeness (QED) is 0.0657. The lowest BCUT2D eigenvalue weighted by Gasteiger charge is -2.32. The van der Waals surface area contributed by atoms with Crippen LogP contribution in [0.3, 0.4) is 0 Å². The summed E-state index contributed by atoms with van der Waals surface area (Å²) in [6.45, 7) is 1.98. The van der Waals surface area contributed by atoms with Gasteiger partial charge in [-0.2, -0.15) is 0 Å². The Morgan fingerprint density at radius 2 is 1.60 bits per heavy atom. The molecule has 0 saturated heterocycles. The second-order valence-electron chi connectivity index (χ2n) is 15.0. The highest BCUT2D eigenvalue weighted by Crippen LogP contribution is 2.41. The fourth-order valence-corrected chi connectivity index (χ4v) is 7.72. The number of ketones is 2. The molecule has 1 aromatic heterocycles. The molecule has 2 amide bonds. The Morgan fingerprint density at radius 3 is 2.26 bits per heavy atom. The number of hydrogen-bond donors (Lipinski definition) is 5. The molecule has 0 unspecified atom stereocenters. The largest absolute Gasteiger partial charge is 0.507 e. The number of likely N-dealkylation sites (N-methyl/N-ethyl adjacent to an activating group) is 1. The average Bonchev–Trinajstić information content (AvgIpc) is 3.64. The van der Waals surface area contributed by atoms with Gasteiger partial charge < -0.3 is 36.3 Å². The second-order valence-corrected chi connectivity index (χ2v) is 15.4. The van der Waals surface area contributed by atoms with E-state index in [4.69, 9.17) is 27.5 Å². The first-order valence-electron chi connectivity index (χ1n) is 19.3. The normalized spacial score (nSPS) is 17.6. The molecule has 13 heteroatoms. The van der Waals surface area contributed by atoms with Gasteiger partial charge in [0.2, 0.25) is 11.8 Å². The number of carboxylic acids is 1. The van der Waals surface area contributed by atoms with Crippen LogP contribution in [0, 0.1) is 11.8 Å². The molecule has 302 valence electrons. The van der Waals surface area contributed by atoms with Crippen molar-refractivity contribution in [2.24, 2.45) is 23.3 Å². The zero-order valence-corrected chi connectivity index (χ0v) is 33.1. The SMILES string of the molecule is C[C@@H]1CC(=O)[C@@H](N(C)C(=O)[C@H](CCCCN)CC(=O)c2ccc(-c3ccc(Cl)cc3)cc2)c2cc(c3oc(CN)cc3c2)-c2cc(ccc2O)C[C@@H](C(=O)O)NC1=O. The third-order valence-electron chi connectivity index (χ3n) is 10.8. The molecule has 0 fully saturated rings. The van der Waals surface area contributed by atoms with Gasteiger partial charge in [-0.25, -0.2) is 4.79 Å². The van der Waals surface area contributed by atoms with Crippen molar-refractivity contribution in [3.05, 3.63) is 112 Å². The molecule has 4 atom stereocenters. The number of aromatic hydroxyl groups is 1. The van der Waals surface area contributed by atoms with Crippen LogP contribution in [0.15, 0.2) is 89.3 Å². The predicted molar refractivity (Wildman–Crippen MR) is 221 cm³/mol. The highest BCUT2D eigenvalue weighted by atomic mass is 35.5. The molecule has 6 rings (SSSR count). The maximum atomic E-state index is 14.7. The first-order valence-corrected chi connectivity index (χ1v) is 19.7. The summed E-state index contributed by atoms with van der Waals surface area (Å²) in [6.07, 6.45) is 0.957. The highest BCUT2D eigenvalue weighted by molar-refractivity contribution is 6.30. The molecule has 5 aromatic rings. The summed E-state index contributed by atoms with van der Waals surface area (Å²) in [5.74, 6) is -4.59. The summed E-state index contributed by atoms with van der Waals surface area (Å²) >= 11 is 6.06. The fraction of sp³-hybridized carbons (Fsp3) is 0.311. The number of benzene rings is 4. The summed E-state index contributed by atoms with van der Waals surface area (Å²) in [4.78, 5) is 70.2. The van der Waals surface area contributed by atoms with E-state index < -0.39 is 47.5 Å². The standard InChI is InChI=1S/C45H47ClN4O8/c1-25-17-40(53)41(50(2)44(55)30(5-3-4-16-47)23-39(52)29-9-7-27(8-10-29)28-11-13-33(46)14-12-28)31-20-32-21-34(24-48)58-42(32)36(22-31)35-18-26(6-15-38(35)51)19-37(45(56)57)49-43(25)54/h6-15,18,20-22,25,30,37,41,51H,3-5,16-17,19,23-24,47-48H2,1-2H3,(H,49,54)(H,56,57)/t25-,30-,37+,41+/m1/s1. The number of carbonyl (C=O) groups excluding carboxylic acids is 4. The summed E-state index contributed by atoms with van der Waals surface area (Å²) in [6, 6.07) is 21.6. The van der Waals surface area contributed by atoms with Gasteiger partial charge in [-0.15, -0.1) is 0 Å². The number of aliphatic carboxylic acids is 1. The number of furan rings is 1. The van der Waals surface area contributed by atoms with Gasteiger partial charge in [0.1, 0.15) is 29.2 Å². The molecule has 2 heterocycles. The van der Waals surface area contributed by atoms with Crippen molar-refractivity contribution in [1.82, 2.24) is 10.2 Å². The molecule has 7 N–H and O–H groups in total. The van der Waals surface area contributed by atoms with Gasteiger partial charge in [0.05, 0.1) is 6.54 Å². The van der Waals surface area contributed by atoms with Crippen molar-refractivity contribution in [1.29, 1.82) is 0 Å². The summed E-state index contributed by atoms with van der Waals surface area (Å²) in [5.41, 5.74) is 16.0. The lowest BCUT2D eigenvalue weighted by Crippen LogP contribution is -2.45. The molecule has 58 heavy (non-hydrogen) atoms. The molecule has 4 aromatic carbocycles. The van der Waals surface area contributed by atoms with Gasteiger partial charge in [0, 0.05) is 65.2 Å². The van der Waals surface area contributed by atoms with Gasteiger partial charge in [-0.3, -0.25) is 19.2 Å². The number of unbranched alkanes of at least 4 members (excludes halogenated alkanes) is 1. The monoisotopic (exact) mass is 806 g/mol. The Hall–Kier alpha value is -5.82. The number of nitrogens with two attached hydrogens (primary N) is 2. The number of phenolic OH excluding ortho intramolecular Hbond substituents is 1. The minimum atomic E-state index is -1.33. The van der Waals surface area contributed by atoms with E-state index in [1.165, 1.54) is 24.9 Å². The van der Waals surface area contributed by atoms with E-state index in [0.717, 1.165) is 11.1 Å². The van der Waals surface area contributed by atoms with Crippen molar-refractivity contribution in [2.75, 3.05) is 13.6 Å². The number of Topliss-reactive ketones (excluding diaryl/α,β-unsaturated/α-hetero) is 2. The van der Waals surface area contributed by atoms with Crippen molar-refractivity contribution < 1.29 is 38.6 Å². The van der Waals surface area contributed by atoms with Crippen LogP contribution in [-0.2, 0) is 32.1 Å². The van der Waals surface area contributed by atoms with E-state index in [-0.39, 0.29) is 42.9 Å². The Bertz CT molecular complexity index is 2340. The minimum absolute atomic E-state index is 0.0597. The molecule has 0 saturated carbocycles. The summed E-state index contributed by atoms with van der Waals surface area (Å²) in [7, 11) is 1.50. The van der Waals surface area contributed by atoms with Crippen LogP contribution < -0.4 is 16.8 Å². The maximum absolute atomic E-state index is 14.7. The molecule has 0 spiro atoms. The highest BCUT2D eigenvalue weighted by Gasteiger charge is 2.36. The van der Waals surface area contributed by atoms with E-state index in [9.17, 15) is 34.2 Å². The Labute approximate surface area is 341 Å². The number of fused-ring (bicyclic) bond motifs is 7. The number of phenols is 1. The first-order chi connectivity index (χ1) is 27.8. The lowest BCUT2D eigenvalue weighted by molar-refractivity contribution is -0.144. The molecule has 0 radical (unpaired) electrons. The van der Waals surface area contributed by atoms with Gasteiger partial charge in [0.15, 0.2) is 11.6 Å². The maximum Gasteiger partial charge on any atom is 0.326 e. The number of carboxylic acid groups (broad SMARTS) is 1.